The normalized spacial score (nSPS) is 25.3. The van der Waals surface area contributed by atoms with Gasteiger partial charge in [-0.3, -0.25) is 9.69 Å². The fourth-order valence-corrected chi connectivity index (χ4v) is 7.41. The molecule has 0 radical (unpaired) electrons. The third-order valence-electron chi connectivity index (χ3n) is 9.51. The van der Waals surface area contributed by atoms with Crippen molar-refractivity contribution in [1.82, 2.24) is 0 Å². The zero-order chi connectivity index (χ0) is 29.6. The molecule has 0 aliphatic carbocycles. The topological polar surface area (TPSA) is 88.5 Å². The summed E-state index contributed by atoms with van der Waals surface area (Å²) in [4.78, 5) is 30.0. The molecule has 42 heavy (non-hydrogen) atoms. The first-order valence-electron chi connectivity index (χ1n) is 14.6. The summed E-state index contributed by atoms with van der Waals surface area (Å²) in [6.45, 7) is 7.77. The summed E-state index contributed by atoms with van der Waals surface area (Å²) >= 11 is 0. The lowest BCUT2D eigenvalue weighted by Crippen LogP contribution is -2.45. The van der Waals surface area contributed by atoms with Crippen LogP contribution in [0.3, 0.4) is 0 Å². The Morgan fingerprint density at radius 2 is 1.74 bits per heavy atom. The van der Waals surface area contributed by atoms with E-state index in [-0.39, 0.29) is 42.0 Å². The maximum Gasteiger partial charge on any atom is 0.414 e. The van der Waals surface area contributed by atoms with E-state index in [4.69, 9.17) is 14.2 Å². The van der Waals surface area contributed by atoms with Crippen LogP contribution in [-0.4, -0.2) is 50.1 Å². The molecule has 2 fully saturated rings. The molecule has 3 aliphatic rings. The number of fused-ring (bicyclic) bond motifs is 2. The van der Waals surface area contributed by atoms with Gasteiger partial charge in [0.05, 0.1) is 32.0 Å². The van der Waals surface area contributed by atoms with Crippen LogP contribution >= 0.6 is 0 Å². The summed E-state index contributed by atoms with van der Waals surface area (Å²) in [6, 6.07) is 23.7. The van der Waals surface area contributed by atoms with Gasteiger partial charge in [0.1, 0.15) is 12.4 Å². The van der Waals surface area contributed by atoms with Gasteiger partial charge in [0, 0.05) is 29.7 Å². The monoisotopic (exact) mass is 570 g/mol. The van der Waals surface area contributed by atoms with Crippen molar-refractivity contribution in [2.45, 2.75) is 50.9 Å². The molecule has 3 aliphatic heterocycles. The molecule has 0 aromatic heterocycles. The number of amides is 2. The van der Waals surface area contributed by atoms with Crippen LogP contribution in [-0.2, 0) is 31.8 Å². The van der Waals surface area contributed by atoms with Crippen LogP contribution in [0.1, 0.15) is 43.9 Å². The van der Waals surface area contributed by atoms with E-state index >= 15 is 0 Å². The number of hydrogen-bond acceptors (Lipinski definition) is 6. The molecule has 220 valence electrons. The van der Waals surface area contributed by atoms with Gasteiger partial charge >= 0.3 is 6.09 Å². The highest BCUT2D eigenvalue weighted by Crippen LogP contribution is 2.59. The van der Waals surface area contributed by atoms with Crippen LogP contribution in [0.5, 0.6) is 5.75 Å². The van der Waals surface area contributed by atoms with E-state index in [9.17, 15) is 14.7 Å². The molecule has 8 heteroatoms. The number of carbonyl (C=O) groups is 2. The minimum absolute atomic E-state index is 0.0287. The second kappa shape index (κ2) is 10.7. The summed E-state index contributed by atoms with van der Waals surface area (Å²) in [5.74, 6) is 0.486. The molecular weight excluding hydrogens is 532 g/mol. The van der Waals surface area contributed by atoms with Crippen molar-refractivity contribution >= 4 is 23.4 Å². The molecule has 0 bridgehead atoms. The van der Waals surface area contributed by atoms with Gasteiger partial charge in [-0.15, -0.1) is 0 Å². The number of hydrogen-bond donors (Lipinski definition) is 1. The zero-order valence-electron chi connectivity index (χ0n) is 24.6. The molecule has 0 unspecified atom stereocenters. The molecule has 3 heterocycles. The number of cyclic esters (lactones) is 1. The maximum absolute atomic E-state index is 14.6. The van der Waals surface area contributed by atoms with Gasteiger partial charge in [-0.1, -0.05) is 63.2 Å². The lowest BCUT2D eigenvalue weighted by atomic mass is 9.63. The quantitative estimate of drug-likeness (QED) is 0.390. The highest BCUT2D eigenvalue weighted by Gasteiger charge is 2.65. The number of para-hydroxylation sites is 1. The van der Waals surface area contributed by atoms with Crippen LogP contribution in [0.4, 0.5) is 16.2 Å². The van der Waals surface area contributed by atoms with Crippen molar-refractivity contribution in [1.29, 1.82) is 0 Å². The first kappa shape index (κ1) is 28.2. The van der Waals surface area contributed by atoms with Gasteiger partial charge in [0.15, 0.2) is 5.60 Å². The molecule has 4 atom stereocenters. The summed E-state index contributed by atoms with van der Waals surface area (Å²) < 4.78 is 17.4. The molecule has 8 nitrogen and oxygen atoms in total. The molecule has 0 saturated carbocycles. The summed E-state index contributed by atoms with van der Waals surface area (Å²) in [7, 11) is 1.65. The van der Waals surface area contributed by atoms with Crippen LogP contribution < -0.4 is 14.5 Å². The molecule has 1 N–H and O–H groups in total. The average molecular weight is 571 g/mol. The second-order valence-electron chi connectivity index (χ2n) is 12.0. The van der Waals surface area contributed by atoms with Gasteiger partial charge < -0.3 is 24.2 Å². The fourth-order valence-electron chi connectivity index (χ4n) is 7.41. The Morgan fingerprint density at radius 3 is 2.38 bits per heavy atom. The van der Waals surface area contributed by atoms with Gasteiger partial charge in [-0.2, -0.15) is 0 Å². The van der Waals surface area contributed by atoms with Crippen LogP contribution in [0, 0.1) is 11.8 Å². The van der Waals surface area contributed by atoms with Crippen molar-refractivity contribution in [3.05, 3.63) is 89.5 Å². The van der Waals surface area contributed by atoms with Crippen LogP contribution in [0.15, 0.2) is 72.8 Å². The third kappa shape index (κ3) is 4.36. The first-order valence-corrected chi connectivity index (χ1v) is 14.6. The van der Waals surface area contributed by atoms with Crippen LogP contribution in [0.2, 0.25) is 0 Å². The Bertz CT molecular complexity index is 1470. The predicted molar refractivity (Wildman–Crippen MR) is 160 cm³/mol. The van der Waals surface area contributed by atoms with E-state index < -0.39 is 5.60 Å². The summed E-state index contributed by atoms with van der Waals surface area (Å²) in [5.41, 5.74) is 3.03. The van der Waals surface area contributed by atoms with Crippen molar-refractivity contribution in [3.63, 3.8) is 0 Å². The van der Waals surface area contributed by atoms with Crippen LogP contribution in [0.25, 0.3) is 0 Å². The van der Waals surface area contributed by atoms with E-state index in [1.165, 1.54) is 0 Å². The number of aliphatic hydroxyl groups is 1. The number of methoxy groups -OCH3 is 1. The standard InChI is InChI=1S/C34H38N2O6/c1-22-30(33(2,3)24-11-15-26(40-4)16-12-24)29(17-19-37)42-34(22)27-7-5-6-8-28(27)36(31(34)38)21-23-9-13-25(14-10-23)35-18-20-41-32(35)39/h5-16,22,29-30,37H,17-21H2,1-4H3/t22-,29+,30-,34+/m1/s1. The van der Waals surface area contributed by atoms with Gasteiger partial charge in [-0.25, -0.2) is 4.79 Å². The highest BCUT2D eigenvalue weighted by molar-refractivity contribution is 6.07. The van der Waals surface area contributed by atoms with Crippen molar-refractivity contribution < 1.29 is 28.9 Å². The minimum Gasteiger partial charge on any atom is -0.497 e. The molecule has 3 aromatic rings. The predicted octanol–water partition coefficient (Wildman–Crippen LogP) is 5.41. The van der Waals surface area contributed by atoms with Gasteiger partial charge in [0.25, 0.3) is 5.91 Å². The Labute approximate surface area is 246 Å². The SMILES string of the molecule is COc1ccc(C(C)(C)[C@H]2[C@H](CCO)O[C@@]3(C(=O)N(Cc4ccc(N5CCOC5=O)cc4)c4ccccc43)[C@@H]2C)cc1. The smallest absolute Gasteiger partial charge is 0.414 e. The fraction of sp³-hybridized carbons (Fsp3) is 0.412. The number of ether oxygens (including phenoxy) is 3. The molecule has 2 saturated heterocycles. The molecular formula is C34H38N2O6. The lowest BCUT2D eigenvalue weighted by molar-refractivity contribution is -0.146. The summed E-state index contributed by atoms with van der Waals surface area (Å²) in [6.07, 6.45) is -0.226. The Balaban J connectivity index is 1.34. The van der Waals surface area contributed by atoms with Gasteiger partial charge in [-0.05, 0) is 53.3 Å². The molecule has 1 spiro atoms. The third-order valence-corrected chi connectivity index (χ3v) is 9.51. The molecule has 3 aromatic carbocycles. The number of benzene rings is 3. The minimum atomic E-state index is -1.16. The average Bonchev–Trinajstić information content (AvgIpc) is 3.63. The Morgan fingerprint density at radius 1 is 1.02 bits per heavy atom. The van der Waals surface area contributed by atoms with E-state index in [2.05, 4.69) is 32.9 Å². The lowest BCUT2D eigenvalue weighted by Gasteiger charge is -2.38. The number of anilines is 2. The first-order chi connectivity index (χ1) is 20.2. The Kier molecular flexibility index (Phi) is 7.23. The van der Waals surface area contributed by atoms with E-state index in [0.29, 0.717) is 26.1 Å². The maximum atomic E-state index is 14.6. The van der Waals surface area contributed by atoms with Gasteiger partial charge in [0.2, 0.25) is 0 Å². The number of rotatable bonds is 8. The van der Waals surface area contributed by atoms with Crippen molar-refractivity contribution in [2.75, 3.05) is 36.7 Å². The zero-order valence-corrected chi connectivity index (χ0v) is 24.6. The summed E-state index contributed by atoms with van der Waals surface area (Å²) in [5, 5.41) is 10.1. The van der Waals surface area contributed by atoms with Crippen molar-refractivity contribution in [3.8, 4) is 5.75 Å². The van der Waals surface area contributed by atoms with E-state index in [1.54, 1.807) is 12.0 Å². The van der Waals surface area contributed by atoms with Crippen molar-refractivity contribution in [2.24, 2.45) is 11.8 Å². The Hall–Kier alpha value is -3.88. The van der Waals surface area contributed by atoms with E-state index in [1.807, 2.05) is 65.6 Å². The molecule has 6 rings (SSSR count). The number of carbonyl (C=O) groups excluding carboxylic acids is 2. The number of nitrogens with zero attached hydrogens (tertiary/aromatic N) is 2. The second-order valence-corrected chi connectivity index (χ2v) is 12.0. The van der Waals surface area contributed by atoms with E-state index in [0.717, 1.165) is 33.8 Å². The largest absolute Gasteiger partial charge is 0.497 e. The highest BCUT2D eigenvalue weighted by atomic mass is 16.6. The number of aliphatic hydroxyl groups excluding tert-OH is 1. The molecule has 2 amide bonds.